The van der Waals surface area contributed by atoms with E-state index < -0.39 is 0 Å². The van der Waals surface area contributed by atoms with Gasteiger partial charge >= 0.3 is 0 Å². The zero-order chi connectivity index (χ0) is 13.8. The molecule has 1 nitrogen and oxygen atoms in total. The van der Waals surface area contributed by atoms with E-state index >= 15 is 0 Å². The van der Waals surface area contributed by atoms with E-state index in [0.717, 1.165) is 19.4 Å². The molecule has 1 aromatic rings. The maximum atomic E-state index is 5.76. The highest BCUT2D eigenvalue weighted by molar-refractivity contribution is 5.38. The molecule has 1 heteroatoms. The Morgan fingerprint density at radius 3 is 2.58 bits per heavy atom. The molecule has 0 saturated carbocycles. The SMILES string of the molecule is Cc1ccc(CCCC2=CCC(C)CO2)c(C)c1C. The highest BCUT2D eigenvalue weighted by Crippen LogP contribution is 2.22. The van der Waals surface area contributed by atoms with Crippen LogP contribution in [-0.2, 0) is 11.2 Å². The molecule has 2 rings (SSSR count). The lowest BCUT2D eigenvalue weighted by Gasteiger charge is -2.20. The number of ether oxygens (including phenoxy) is 1. The van der Waals surface area contributed by atoms with Gasteiger partial charge in [0, 0.05) is 6.42 Å². The van der Waals surface area contributed by atoms with Crippen LogP contribution in [0.2, 0.25) is 0 Å². The summed E-state index contributed by atoms with van der Waals surface area (Å²) in [6.45, 7) is 9.80. The third-order valence-electron chi connectivity index (χ3n) is 4.34. The second-order valence-electron chi connectivity index (χ2n) is 5.97. The summed E-state index contributed by atoms with van der Waals surface area (Å²) in [5, 5.41) is 0. The molecule has 1 atom stereocenters. The van der Waals surface area contributed by atoms with Crippen LogP contribution < -0.4 is 0 Å². The van der Waals surface area contributed by atoms with Crippen molar-refractivity contribution in [3.8, 4) is 0 Å². The molecule has 0 amide bonds. The Morgan fingerprint density at radius 1 is 1.11 bits per heavy atom. The van der Waals surface area contributed by atoms with E-state index in [1.165, 1.54) is 40.9 Å². The second-order valence-corrected chi connectivity index (χ2v) is 5.97. The van der Waals surface area contributed by atoms with Gasteiger partial charge in [-0.2, -0.15) is 0 Å². The van der Waals surface area contributed by atoms with Gasteiger partial charge in [0.25, 0.3) is 0 Å². The quantitative estimate of drug-likeness (QED) is 0.748. The minimum absolute atomic E-state index is 0.686. The minimum Gasteiger partial charge on any atom is -0.498 e. The van der Waals surface area contributed by atoms with Gasteiger partial charge in [-0.25, -0.2) is 0 Å². The van der Waals surface area contributed by atoms with E-state index in [1.807, 2.05) is 0 Å². The molecule has 0 aromatic heterocycles. The van der Waals surface area contributed by atoms with Crippen molar-refractivity contribution >= 4 is 0 Å². The molecule has 0 spiro atoms. The van der Waals surface area contributed by atoms with Gasteiger partial charge in [-0.3, -0.25) is 0 Å². The Labute approximate surface area is 117 Å². The lowest BCUT2D eigenvalue weighted by Crippen LogP contribution is -2.10. The minimum atomic E-state index is 0.686. The third-order valence-corrected chi connectivity index (χ3v) is 4.34. The zero-order valence-corrected chi connectivity index (χ0v) is 12.8. The maximum Gasteiger partial charge on any atom is 0.0920 e. The number of hydrogen-bond acceptors (Lipinski definition) is 1. The Kier molecular flexibility index (Phi) is 4.68. The van der Waals surface area contributed by atoms with Gasteiger partial charge in [-0.1, -0.05) is 19.1 Å². The van der Waals surface area contributed by atoms with E-state index in [4.69, 9.17) is 4.74 Å². The first-order valence-corrected chi connectivity index (χ1v) is 7.45. The van der Waals surface area contributed by atoms with Crippen molar-refractivity contribution in [2.75, 3.05) is 6.61 Å². The summed E-state index contributed by atoms with van der Waals surface area (Å²) in [6.07, 6.45) is 6.88. The summed E-state index contributed by atoms with van der Waals surface area (Å²) in [4.78, 5) is 0. The van der Waals surface area contributed by atoms with Gasteiger partial charge in [-0.15, -0.1) is 0 Å². The predicted molar refractivity (Wildman–Crippen MR) is 81.4 cm³/mol. The molecular weight excluding hydrogens is 232 g/mol. The van der Waals surface area contributed by atoms with Crippen LogP contribution in [0.3, 0.4) is 0 Å². The average molecular weight is 258 g/mol. The summed E-state index contributed by atoms with van der Waals surface area (Å²) in [5.74, 6) is 1.89. The molecule has 0 saturated heterocycles. The van der Waals surface area contributed by atoms with Crippen LogP contribution in [0.4, 0.5) is 0 Å². The third kappa shape index (κ3) is 3.62. The molecule has 1 aliphatic rings. The Morgan fingerprint density at radius 2 is 1.89 bits per heavy atom. The lowest BCUT2D eigenvalue weighted by atomic mass is 9.95. The van der Waals surface area contributed by atoms with Crippen molar-refractivity contribution < 1.29 is 4.74 Å². The molecule has 1 aliphatic heterocycles. The van der Waals surface area contributed by atoms with Gasteiger partial charge in [0.15, 0.2) is 0 Å². The van der Waals surface area contributed by atoms with Crippen LogP contribution in [0.5, 0.6) is 0 Å². The van der Waals surface area contributed by atoms with Crippen LogP contribution in [0.1, 0.15) is 48.4 Å². The standard InChI is InChI=1S/C18H26O/c1-13-8-11-18(19-12-13)7-5-6-17-10-9-14(2)15(3)16(17)4/h9-11,13H,5-8,12H2,1-4H3. The molecule has 1 unspecified atom stereocenters. The monoisotopic (exact) mass is 258 g/mol. The van der Waals surface area contributed by atoms with Crippen molar-refractivity contribution in [3.63, 3.8) is 0 Å². The van der Waals surface area contributed by atoms with Gasteiger partial charge in [0.2, 0.25) is 0 Å². The summed E-state index contributed by atoms with van der Waals surface area (Å²) in [6, 6.07) is 4.53. The van der Waals surface area contributed by atoms with Crippen molar-refractivity contribution in [2.24, 2.45) is 5.92 Å². The predicted octanol–water partition coefficient (Wildman–Crippen LogP) is 4.87. The Bertz CT molecular complexity index is 471. The highest BCUT2D eigenvalue weighted by Gasteiger charge is 2.11. The van der Waals surface area contributed by atoms with Crippen LogP contribution in [-0.4, -0.2) is 6.61 Å². The summed E-state index contributed by atoms with van der Waals surface area (Å²) < 4.78 is 5.76. The number of allylic oxidation sites excluding steroid dienone is 2. The first kappa shape index (κ1) is 14.2. The normalized spacial score (nSPS) is 18.9. The van der Waals surface area contributed by atoms with Gasteiger partial charge in [0.05, 0.1) is 12.4 Å². The summed E-state index contributed by atoms with van der Waals surface area (Å²) in [7, 11) is 0. The summed E-state index contributed by atoms with van der Waals surface area (Å²) in [5.41, 5.74) is 5.80. The molecule has 1 heterocycles. The fourth-order valence-electron chi connectivity index (χ4n) is 2.62. The van der Waals surface area contributed by atoms with Crippen molar-refractivity contribution in [3.05, 3.63) is 46.2 Å². The average Bonchev–Trinajstić information content (AvgIpc) is 2.41. The van der Waals surface area contributed by atoms with Crippen LogP contribution in [0.25, 0.3) is 0 Å². The van der Waals surface area contributed by atoms with Gasteiger partial charge < -0.3 is 4.74 Å². The van der Waals surface area contributed by atoms with Crippen LogP contribution in [0, 0.1) is 26.7 Å². The van der Waals surface area contributed by atoms with Crippen molar-refractivity contribution in [2.45, 2.75) is 53.4 Å². The highest BCUT2D eigenvalue weighted by atomic mass is 16.5. The van der Waals surface area contributed by atoms with Crippen LogP contribution in [0.15, 0.2) is 24.0 Å². The van der Waals surface area contributed by atoms with Crippen molar-refractivity contribution in [1.82, 2.24) is 0 Å². The molecule has 0 N–H and O–H groups in total. The zero-order valence-electron chi connectivity index (χ0n) is 12.8. The van der Waals surface area contributed by atoms with Gasteiger partial charge in [0.1, 0.15) is 0 Å². The van der Waals surface area contributed by atoms with E-state index in [0.29, 0.717) is 5.92 Å². The molecule has 0 aliphatic carbocycles. The Hall–Kier alpha value is -1.24. The molecule has 0 radical (unpaired) electrons. The molecule has 0 fully saturated rings. The Balaban J connectivity index is 1.88. The van der Waals surface area contributed by atoms with Crippen LogP contribution >= 0.6 is 0 Å². The fourth-order valence-corrected chi connectivity index (χ4v) is 2.62. The number of benzene rings is 1. The molecule has 1 aromatic carbocycles. The van der Waals surface area contributed by atoms with E-state index in [-0.39, 0.29) is 0 Å². The van der Waals surface area contributed by atoms with Crippen molar-refractivity contribution in [1.29, 1.82) is 0 Å². The van der Waals surface area contributed by atoms with E-state index in [1.54, 1.807) is 0 Å². The molecule has 0 bridgehead atoms. The van der Waals surface area contributed by atoms with E-state index in [9.17, 15) is 0 Å². The first-order valence-electron chi connectivity index (χ1n) is 7.45. The maximum absolute atomic E-state index is 5.76. The fraction of sp³-hybridized carbons (Fsp3) is 0.556. The lowest BCUT2D eigenvalue weighted by molar-refractivity contribution is 0.146. The smallest absolute Gasteiger partial charge is 0.0920 e. The topological polar surface area (TPSA) is 9.23 Å². The largest absolute Gasteiger partial charge is 0.498 e. The van der Waals surface area contributed by atoms with Gasteiger partial charge in [-0.05, 0) is 74.3 Å². The number of hydrogen-bond donors (Lipinski definition) is 0. The first-order chi connectivity index (χ1) is 9.08. The summed E-state index contributed by atoms with van der Waals surface area (Å²) >= 11 is 0. The number of rotatable bonds is 4. The second kappa shape index (κ2) is 6.27. The van der Waals surface area contributed by atoms with E-state index in [2.05, 4.69) is 45.9 Å². The molecule has 19 heavy (non-hydrogen) atoms. The molecular formula is C18H26O. The molecule has 104 valence electrons. The number of aryl methyl sites for hydroxylation is 2.